The summed E-state index contributed by atoms with van der Waals surface area (Å²) in [5, 5.41) is 0.286. The summed E-state index contributed by atoms with van der Waals surface area (Å²) in [5.74, 6) is 0.515. The number of oxazole rings is 1. The fourth-order valence-corrected chi connectivity index (χ4v) is 3.80. The van der Waals surface area contributed by atoms with Gasteiger partial charge in [-0.15, -0.1) is 0 Å². The third-order valence-electron chi connectivity index (χ3n) is 4.78. The molecule has 0 spiro atoms. The SMILES string of the molecule is CCc1cnc([C@H]2O[C@@H](n3cnc4c(Cl)ncnc43)C3OC(C)(C)O[C@@H]32)o1. The first kappa shape index (κ1) is 17.1. The summed E-state index contributed by atoms with van der Waals surface area (Å²) in [5.41, 5.74) is 1.07. The fourth-order valence-electron chi connectivity index (χ4n) is 3.63. The highest BCUT2D eigenvalue weighted by Gasteiger charge is 2.58. The summed E-state index contributed by atoms with van der Waals surface area (Å²) < 4.78 is 26.1. The van der Waals surface area contributed by atoms with Crippen molar-refractivity contribution in [3.8, 4) is 0 Å². The van der Waals surface area contributed by atoms with Crippen LogP contribution in [0.25, 0.3) is 11.2 Å². The second-order valence-corrected chi connectivity index (χ2v) is 7.38. The molecule has 5 heterocycles. The number of hydrogen-bond donors (Lipinski definition) is 0. The van der Waals surface area contributed by atoms with E-state index >= 15 is 0 Å². The van der Waals surface area contributed by atoms with E-state index in [9.17, 15) is 0 Å². The number of aromatic nitrogens is 5. The lowest BCUT2D eigenvalue weighted by molar-refractivity contribution is -0.199. The predicted molar refractivity (Wildman–Crippen MR) is 92.9 cm³/mol. The van der Waals surface area contributed by atoms with Gasteiger partial charge in [-0.25, -0.2) is 19.9 Å². The van der Waals surface area contributed by atoms with E-state index in [1.807, 2.05) is 20.8 Å². The highest BCUT2D eigenvalue weighted by molar-refractivity contribution is 6.33. The van der Waals surface area contributed by atoms with Gasteiger partial charge in [-0.05, 0) is 13.8 Å². The van der Waals surface area contributed by atoms with E-state index in [2.05, 4.69) is 19.9 Å². The number of fused-ring (bicyclic) bond motifs is 2. The lowest BCUT2D eigenvalue weighted by Crippen LogP contribution is -2.27. The summed E-state index contributed by atoms with van der Waals surface area (Å²) in [6.45, 7) is 5.75. The zero-order valence-electron chi connectivity index (χ0n) is 15.0. The Balaban J connectivity index is 1.57. The van der Waals surface area contributed by atoms with Gasteiger partial charge in [0.2, 0.25) is 5.89 Å². The van der Waals surface area contributed by atoms with Crippen LogP contribution in [-0.4, -0.2) is 42.5 Å². The Labute approximate surface area is 159 Å². The molecule has 2 aliphatic rings. The summed E-state index contributed by atoms with van der Waals surface area (Å²) in [6, 6.07) is 0. The first-order valence-electron chi connectivity index (χ1n) is 8.75. The van der Waals surface area contributed by atoms with Crippen LogP contribution >= 0.6 is 11.6 Å². The van der Waals surface area contributed by atoms with Gasteiger partial charge in [-0.3, -0.25) is 4.57 Å². The minimum absolute atomic E-state index is 0.286. The molecule has 2 saturated heterocycles. The molecule has 0 saturated carbocycles. The molecule has 0 amide bonds. The van der Waals surface area contributed by atoms with Crippen molar-refractivity contribution < 1.29 is 18.6 Å². The number of imidazole rings is 1. The number of aryl methyl sites for hydroxylation is 1. The molecule has 10 heteroatoms. The summed E-state index contributed by atoms with van der Waals surface area (Å²) in [6.07, 6.45) is 3.70. The molecule has 0 aliphatic carbocycles. The molecule has 2 aliphatic heterocycles. The number of rotatable bonds is 3. The van der Waals surface area contributed by atoms with Crippen LogP contribution in [0.15, 0.2) is 23.3 Å². The van der Waals surface area contributed by atoms with Gasteiger partial charge in [0.05, 0.1) is 12.5 Å². The van der Waals surface area contributed by atoms with Crippen molar-refractivity contribution in [3.63, 3.8) is 0 Å². The largest absolute Gasteiger partial charge is 0.443 e. The Bertz CT molecular complexity index is 1000. The van der Waals surface area contributed by atoms with Gasteiger partial charge >= 0.3 is 0 Å². The van der Waals surface area contributed by atoms with Crippen LogP contribution in [-0.2, 0) is 20.6 Å². The van der Waals surface area contributed by atoms with E-state index in [1.165, 1.54) is 6.33 Å². The van der Waals surface area contributed by atoms with E-state index in [0.29, 0.717) is 17.1 Å². The monoisotopic (exact) mass is 391 g/mol. The van der Waals surface area contributed by atoms with E-state index in [4.69, 9.17) is 30.2 Å². The molecule has 0 bridgehead atoms. The number of nitrogens with zero attached hydrogens (tertiary/aromatic N) is 5. The maximum atomic E-state index is 6.27. The maximum absolute atomic E-state index is 6.27. The van der Waals surface area contributed by atoms with Crippen LogP contribution in [0.2, 0.25) is 5.15 Å². The van der Waals surface area contributed by atoms with Gasteiger partial charge in [-0.1, -0.05) is 18.5 Å². The van der Waals surface area contributed by atoms with Gasteiger partial charge in [0.1, 0.15) is 29.8 Å². The van der Waals surface area contributed by atoms with Crippen LogP contribution in [0, 0.1) is 0 Å². The van der Waals surface area contributed by atoms with Crippen molar-refractivity contribution in [1.82, 2.24) is 24.5 Å². The Hall–Kier alpha value is -2.07. The second kappa shape index (κ2) is 5.96. The Morgan fingerprint density at radius 3 is 2.74 bits per heavy atom. The summed E-state index contributed by atoms with van der Waals surface area (Å²) in [7, 11) is 0. The maximum Gasteiger partial charge on any atom is 0.226 e. The van der Waals surface area contributed by atoms with Crippen LogP contribution in [0.3, 0.4) is 0 Å². The summed E-state index contributed by atoms with van der Waals surface area (Å²) >= 11 is 6.13. The molecule has 4 atom stereocenters. The van der Waals surface area contributed by atoms with Crippen molar-refractivity contribution in [2.24, 2.45) is 0 Å². The number of halogens is 1. The molecule has 9 nitrogen and oxygen atoms in total. The highest BCUT2D eigenvalue weighted by Crippen LogP contribution is 2.49. The molecule has 3 aromatic rings. The molecular formula is C17H18ClN5O4. The summed E-state index contributed by atoms with van der Waals surface area (Å²) in [4.78, 5) is 17.0. The number of hydrogen-bond acceptors (Lipinski definition) is 8. The van der Waals surface area contributed by atoms with Crippen molar-refractivity contribution in [1.29, 1.82) is 0 Å². The fraction of sp³-hybridized carbons (Fsp3) is 0.529. The van der Waals surface area contributed by atoms with Gasteiger partial charge in [0.25, 0.3) is 0 Å². The molecule has 142 valence electrons. The lowest BCUT2D eigenvalue weighted by Gasteiger charge is -2.23. The van der Waals surface area contributed by atoms with Gasteiger partial charge in [0.15, 0.2) is 28.9 Å². The number of ether oxygens (including phenoxy) is 3. The molecule has 2 fully saturated rings. The predicted octanol–water partition coefficient (Wildman–Crippen LogP) is 2.82. The van der Waals surface area contributed by atoms with E-state index in [1.54, 1.807) is 17.1 Å². The second-order valence-electron chi connectivity index (χ2n) is 7.02. The third kappa shape index (κ3) is 2.65. The zero-order chi connectivity index (χ0) is 18.8. The van der Waals surface area contributed by atoms with Crippen molar-refractivity contribution in [3.05, 3.63) is 35.7 Å². The van der Waals surface area contributed by atoms with Crippen LogP contribution in [0.4, 0.5) is 0 Å². The van der Waals surface area contributed by atoms with E-state index in [0.717, 1.165) is 12.2 Å². The first-order chi connectivity index (χ1) is 13.0. The average molecular weight is 392 g/mol. The van der Waals surface area contributed by atoms with Crippen molar-refractivity contribution in [2.45, 2.75) is 57.5 Å². The molecule has 0 N–H and O–H groups in total. The first-order valence-corrected chi connectivity index (χ1v) is 9.13. The van der Waals surface area contributed by atoms with Crippen LogP contribution < -0.4 is 0 Å². The molecule has 0 radical (unpaired) electrons. The van der Waals surface area contributed by atoms with Gasteiger partial charge < -0.3 is 18.6 Å². The average Bonchev–Trinajstić information content (AvgIpc) is 3.37. The lowest BCUT2D eigenvalue weighted by atomic mass is 10.1. The smallest absolute Gasteiger partial charge is 0.226 e. The van der Waals surface area contributed by atoms with E-state index in [-0.39, 0.29) is 17.4 Å². The van der Waals surface area contributed by atoms with Gasteiger partial charge in [0, 0.05) is 6.42 Å². The quantitative estimate of drug-likeness (QED) is 0.628. The standard InChI is InChI=1S/C17H18ClN5O4/c1-4-8-5-19-15(24-8)11-10-12(27-17(2,3)26-10)16(25-11)23-7-22-9-13(18)20-6-21-14(9)23/h5-7,10-12,16H,4H2,1-3H3/t10-,11+,12?,16-/m1/s1. The molecular weight excluding hydrogens is 374 g/mol. The highest BCUT2D eigenvalue weighted by atomic mass is 35.5. The van der Waals surface area contributed by atoms with Crippen molar-refractivity contribution >= 4 is 22.8 Å². The minimum Gasteiger partial charge on any atom is -0.443 e. The zero-order valence-corrected chi connectivity index (χ0v) is 15.8. The topological polar surface area (TPSA) is 97.3 Å². The molecule has 3 aromatic heterocycles. The van der Waals surface area contributed by atoms with E-state index < -0.39 is 18.1 Å². The molecule has 27 heavy (non-hydrogen) atoms. The third-order valence-corrected chi connectivity index (χ3v) is 5.06. The minimum atomic E-state index is -0.751. The molecule has 0 aromatic carbocycles. The van der Waals surface area contributed by atoms with Gasteiger partial charge in [-0.2, -0.15) is 0 Å². The Kier molecular flexibility index (Phi) is 3.77. The molecule has 1 unspecified atom stereocenters. The Morgan fingerprint density at radius 1 is 1.15 bits per heavy atom. The normalized spacial score (nSPS) is 29.5. The van der Waals surface area contributed by atoms with Crippen molar-refractivity contribution in [2.75, 3.05) is 0 Å². The Morgan fingerprint density at radius 2 is 1.96 bits per heavy atom. The van der Waals surface area contributed by atoms with Crippen LogP contribution in [0.5, 0.6) is 0 Å². The molecule has 5 rings (SSSR count). The van der Waals surface area contributed by atoms with Crippen LogP contribution in [0.1, 0.15) is 44.8 Å².